The Morgan fingerprint density at radius 3 is 2.41 bits per heavy atom. The molecule has 0 aliphatic heterocycles. The highest BCUT2D eigenvalue weighted by molar-refractivity contribution is 7.20. The average molecular weight is 306 g/mol. The highest BCUT2D eigenvalue weighted by atomic mass is 32.1. The molecule has 0 bridgehead atoms. The van der Waals surface area contributed by atoms with Gasteiger partial charge in [0.2, 0.25) is 10.1 Å². The second kappa shape index (κ2) is 5.27. The molecular formula is C17H14N4S. The quantitative estimate of drug-likeness (QED) is 0.605. The van der Waals surface area contributed by atoms with Gasteiger partial charge in [-0.3, -0.25) is 0 Å². The Kier molecular flexibility index (Phi) is 3.12. The monoisotopic (exact) mass is 306 g/mol. The van der Waals surface area contributed by atoms with Crippen LogP contribution in [0.3, 0.4) is 0 Å². The Morgan fingerprint density at radius 1 is 0.955 bits per heavy atom. The molecule has 0 fully saturated rings. The highest BCUT2D eigenvalue weighted by Crippen LogP contribution is 2.25. The van der Waals surface area contributed by atoms with Crippen LogP contribution in [0.2, 0.25) is 0 Å². The number of nitrogens with zero attached hydrogens (tertiary/aromatic N) is 3. The topological polar surface area (TPSA) is 42.2 Å². The lowest BCUT2D eigenvalue weighted by molar-refractivity contribution is 0.975. The number of aryl methyl sites for hydroxylation is 1. The summed E-state index contributed by atoms with van der Waals surface area (Å²) in [6.07, 6.45) is 1.93. The van der Waals surface area contributed by atoms with Gasteiger partial charge in [-0.25, -0.2) is 9.50 Å². The second-order valence-electron chi connectivity index (χ2n) is 5.09. The van der Waals surface area contributed by atoms with E-state index in [0.717, 1.165) is 21.5 Å². The van der Waals surface area contributed by atoms with Crippen LogP contribution in [0.5, 0.6) is 0 Å². The maximum Gasteiger partial charge on any atom is 0.214 e. The first-order chi connectivity index (χ1) is 10.8. The normalized spacial score (nSPS) is 11.0. The smallest absolute Gasteiger partial charge is 0.214 e. The summed E-state index contributed by atoms with van der Waals surface area (Å²) in [6.45, 7) is 1.97. The number of benzene rings is 2. The molecular weight excluding hydrogens is 292 g/mol. The van der Waals surface area contributed by atoms with Crippen LogP contribution >= 0.6 is 11.3 Å². The molecule has 0 atom stereocenters. The Morgan fingerprint density at radius 2 is 1.68 bits per heavy atom. The van der Waals surface area contributed by atoms with Gasteiger partial charge in [0.1, 0.15) is 0 Å². The first-order valence-electron chi connectivity index (χ1n) is 7.03. The lowest BCUT2D eigenvalue weighted by Gasteiger charge is -2.04. The molecule has 1 N–H and O–H groups in total. The molecule has 0 saturated carbocycles. The summed E-state index contributed by atoms with van der Waals surface area (Å²) in [5.41, 5.74) is 4.43. The number of aromatic nitrogens is 3. The molecule has 0 aliphatic rings. The molecule has 4 rings (SSSR count). The predicted molar refractivity (Wildman–Crippen MR) is 90.8 cm³/mol. The van der Waals surface area contributed by atoms with Crippen molar-refractivity contribution >= 4 is 27.1 Å². The minimum Gasteiger partial charge on any atom is -0.330 e. The maximum atomic E-state index is 4.47. The van der Waals surface area contributed by atoms with Crippen molar-refractivity contribution in [3.8, 4) is 11.1 Å². The Balaban J connectivity index is 1.56. The van der Waals surface area contributed by atoms with Crippen molar-refractivity contribution in [2.24, 2.45) is 0 Å². The third kappa shape index (κ3) is 2.46. The lowest BCUT2D eigenvalue weighted by Crippen LogP contribution is -1.91. The van der Waals surface area contributed by atoms with E-state index in [4.69, 9.17) is 0 Å². The van der Waals surface area contributed by atoms with Crippen molar-refractivity contribution in [1.82, 2.24) is 14.6 Å². The molecule has 0 aliphatic carbocycles. The van der Waals surface area contributed by atoms with Crippen LogP contribution in [-0.2, 0) is 0 Å². The summed E-state index contributed by atoms with van der Waals surface area (Å²) in [4.78, 5) is 5.31. The zero-order chi connectivity index (χ0) is 14.9. The fourth-order valence-corrected chi connectivity index (χ4v) is 3.21. The van der Waals surface area contributed by atoms with Crippen LogP contribution in [0.4, 0.5) is 10.8 Å². The molecule has 5 heteroatoms. The molecule has 2 heterocycles. The summed E-state index contributed by atoms with van der Waals surface area (Å²) in [5, 5.41) is 8.64. The second-order valence-corrected chi connectivity index (χ2v) is 6.04. The molecule has 0 radical (unpaired) electrons. The summed E-state index contributed by atoms with van der Waals surface area (Å²) < 4.78 is 1.81. The van der Waals surface area contributed by atoms with E-state index in [1.54, 1.807) is 15.9 Å². The Labute approximate surface area is 132 Å². The van der Waals surface area contributed by atoms with Crippen LogP contribution < -0.4 is 5.32 Å². The standard InChI is InChI=1S/C17H14N4S/c1-12-11-21-17(18-12)22-16(20-21)19-15-9-7-14(8-10-15)13-5-3-2-4-6-13/h2-11H,1H3,(H,19,20). The Bertz CT molecular complexity index is 875. The van der Waals surface area contributed by atoms with Gasteiger partial charge in [-0.05, 0) is 30.2 Å². The number of hydrogen-bond acceptors (Lipinski definition) is 4. The van der Waals surface area contributed by atoms with Gasteiger partial charge in [0.25, 0.3) is 0 Å². The largest absolute Gasteiger partial charge is 0.330 e. The van der Waals surface area contributed by atoms with E-state index in [9.17, 15) is 0 Å². The maximum absolute atomic E-state index is 4.47. The van der Waals surface area contributed by atoms with Crippen molar-refractivity contribution < 1.29 is 0 Å². The summed E-state index contributed by atoms with van der Waals surface area (Å²) >= 11 is 1.54. The molecule has 0 saturated heterocycles. The van der Waals surface area contributed by atoms with Gasteiger partial charge in [0.05, 0.1) is 11.9 Å². The van der Waals surface area contributed by atoms with Crippen LogP contribution in [0, 0.1) is 6.92 Å². The van der Waals surface area contributed by atoms with Crippen molar-refractivity contribution in [2.45, 2.75) is 6.92 Å². The molecule has 0 spiro atoms. The average Bonchev–Trinajstić information content (AvgIpc) is 3.05. The molecule has 0 unspecified atom stereocenters. The molecule has 2 aromatic heterocycles. The minimum atomic E-state index is 0.843. The predicted octanol–water partition coefficient (Wildman–Crippen LogP) is 4.51. The fourth-order valence-electron chi connectivity index (χ4n) is 2.36. The number of anilines is 2. The Hall–Kier alpha value is -2.66. The molecule has 4 nitrogen and oxygen atoms in total. The number of hydrogen-bond donors (Lipinski definition) is 1. The van der Waals surface area contributed by atoms with Crippen LogP contribution in [-0.4, -0.2) is 14.6 Å². The van der Waals surface area contributed by atoms with Gasteiger partial charge in [-0.15, -0.1) is 5.10 Å². The van der Waals surface area contributed by atoms with Gasteiger partial charge in [0, 0.05) is 5.69 Å². The SMILES string of the molecule is Cc1cn2nc(Nc3ccc(-c4ccccc4)cc3)sc2n1. The zero-order valence-electron chi connectivity index (χ0n) is 12.0. The van der Waals surface area contributed by atoms with Crippen molar-refractivity contribution in [3.05, 3.63) is 66.5 Å². The van der Waals surface area contributed by atoms with Gasteiger partial charge in [-0.2, -0.15) is 0 Å². The summed E-state index contributed by atoms with van der Waals surface area (Å²) in [6, 6.07) is 18.7. The van der Waals surface area contributed by atoms with Crippen LogP contribution in [0.15, 0.2) is 60.8 Å². The molecule has 2 aromatic carbocycles. The van der Waals surface area contributed by atoms with E-state index < -0.39 is 0 Å². The number of fused-ring (bicyclic) bond motifs is 1. The lowest BCUT2D eigenvalue weighted by atomic mass is 10.1. The number of imidazole rings is 1. The first-order valence-corrected chi connectivity index (χ1v) is 7.85. The van der Waals surface area contributed by atoms with Gasteiger partial charge < -0.3 is 5.32 Å². The molecule has 0 amide bonds. The minimum absolute atomic E-state index is 0.843. The van der Waals surface area contributed by atoms with E-state index in [2.05, 4.69) is 63.9 Å². The summed E-state index contributed by atoms with van der Waals surface area (Å²) in [7, 11) is 0. The van der Waals surface area contributed by atoms with Crippen molar-refractivity contribution in [1.29, 1.82) is 0 Å². The van der Waals surface area contributed by atoms with E-state index in [1.807, 2.05) is 19.2 Å². The van der Waals surface area contributed by atoms with Gasteiger partial charge in [0.15, 0.2) is 0 Å². The van der Waals surface area contributed by atoms with Crippen molar-refractivity contribution in [2.75, 3.05) is 5.32 Å². The van der Waals surface area contributed by atoms with Gasteiger partial charge >= 0.3 is 0 Å². The zero-order valence-corrected chi connectivity index (χ0v) is 12.8. The molecule has 108 valence electrons. The third-order valence-corrected chi connectivity index (χ3v) is 4.24. The van der Waals surface area contributed by atoms with Crippen LogP contribution in [0.25, 0.3) is 16.1 Å². The summed E-state index contributed by atoms with van der Waals surface area (Å²) in [5.74, 6) is 0. The number of rotatable bonds is 3. The molecule has 22 heavy (non-hydrogen) atoms. The fraction of sp³-hybridized carbons (Fsp3) is 0.0588. The highest BCUT2D eigenvalue weighted by Gasteiger charge is 2.06. The van der Waals surface area contributed by atoms with Crippen molar-refractivity contribution in [3.63, 3.8) is 0 Å². The number of nitrogens with one attached hydrogen (secondary N) is 1. The van der Waals surface area contributed by atoms with E-state index in [0.29, 0.717) is 0 Å². The van der Waals surface area contributed by atoms with E-state index in [1.165, 1.54) is 11.1 Å². The van der Waals surface area contributed by atoms with Gasteiger partial charge in [-0.1, -0.05) is 53.8 Å². The first kappa shape index (κ1) is 13.0. The molecule has 4 aromatic rings. The van der Waals surface area contributed by atoms with E-state index in [-0.39, 0.29) is 0 Å². The third-order valence-electron chi connectivity index (χ3n) is 3.41. The van der Waals surface area contributed by atoms with E-state index >= 15 is 0 Å². The van der Waals surface area contributed by atoms with Crippen LogP contribution in [0.1, 0.15) is 5.69 Å².